The van der Waals surface area contributed by atoms with Crippen LogP contribution in [0.15, 0.2) is 127 Å². The molecular formula is C72H81N3O4. The molecule has 0 saturated carbocycles. The summed E-state index contributed by atoms with van der Waals surface area (Å²) >= 11 is 0. The average molecular weight is 1050 g/mol. The minimum Gasteiger partial charge on any atom is -0.494 e. The number of unbranched alkanes of at least 4 members (excludes halogenated alkanes) is 14. The number of carbonyl (C=O) groups is 1. The summed E-state index contributed by atoms with van der Waals surface area (Å²) in [6.45, 7) is 11.3. The fourth-order valence-corrected chi connectivity index (χ4v) is 11.9. The average Bonchev–Trinajstić information content (AvgIpc) is 3.68. The lowest BCUT2D eigenvalue weighted by Crippen LogP contribution is -2.11. The van der Waals surface area contributed by atoms with E-state index in [0.717, 1.165) is 122 Å². The van der Waals surface area contributed by atoms with Gasteiger partial charge < -0.3 is 24.0 Å². The van der Waals surface area contributed by atoms with Gasteiger partial charge in [0.15, 0.2) is 0 Å². The third kappa shape index (κ3) is 13.3. The van der Waals surface area contributed by atoms with Crippen molar-refractivity contribution in [2.75, 3.05) is 18.1 Å². The lowest BCUT2D eigenvalue weighted by molar-refractivity contribution is -0.132. The van der Waals surface area contributed by atoms with Gasteiger partial charge in [0.25, 0.3) is 0 Å². The topological polar surface area (TPSA) is 87.7 Å². The van der Waals surface area contributed by atoms with E-state index in [1.807, 2.05) is 6.07 Å². The zero-order chi connectivity index (χ0) is 54.9. The maximum absolute atomic E-state index is 12.4. The van der Waals surface area contributed by atoms with Crippen LogP contribution in [0.4, 0.5) is 17.1 Å². The number of nitrogens with zero attached hydrogens (tertiary/aromatic N) is 3. The van der Waals surface area contributed by atoms with Gasteiger partial charge in [-0.15, -0.1) is 0 Å². The Morgan fingerprint density at radius 2 is 1.00 bits per heavy atom. The highest BCUT2D eigenvalue weighted by Gasteiger charge is 2.26. The standard InChI is InChI=1S/C72H81N3O4/c1-5-9-13-17-18-20-26-53(25-19-14-10-6-2)51-74-66-48-54(62-27-23-29-64-65-30-24-28-63-55(47-56(50-73)72(76)77)49-67(74)71(69(63)65)70(66)68(62)64)34-31-52-32-35-57(36-33-52)75(58-37-41-60(42-38-58)78-45-21-15-11-7-3)59-39-43-61(44-40-59)79-46-22-16-12-8-4/h23-24,27-30,32-33,35-44,47-49,53H,5-22,25-26,45-46,51H2,1-4H3,(H,76,77)/b56-47+. The van der Waals surface area contributed by atoms with Crippen molar-refractivity contribution >= 4 is 83.2 Å². The number of hydrogen-bond donors (Lipinski definition) is 1. The van der Waals surface area contributed by atoms with Gasteiger partial charge in [-0.25, -0.2) is 4.79 Å². The quantitative estimate of drug-likeness (QED) is 0.0116. The molecule has 0 aliphatic carbocycles. The minimum absolute atomic E-state index is 0.274. The number of carboxylic acid groups (broad SMARTS) is 1. The second-order valence-corrected chi connectivity index (χ2v) is 21.9. The van der Waals surface area contributed by atoms with Gasteiger partial charge in [0.2, 0.25) is 0 Å². The number of ether oxygens (including phenoxy) is 2. The van der Waals surface area contributed by atoms with E-state index in [1.165, 1.54) is 125 Å². The summed E-state index contributed by atoms with van der Waals surface area (Å²) in [7, 11) is 0. The van der Waals surface area contributed by atoms with Crippen LogP contribution in [0.25, 0.3) is 60.2 Å². The van der Waals surface area contributed by atoms with E-state index in [2.05, 4.69) is 170 Å². The molecule has 0 spiro atoms. The van der Waals surface area contributed by atoms with E-state index < -0.39 is 5.97 Å². The van der Waals surface area contributed by atoms with Crippen molar-refractivity contribution in [3.63, 3.8) is 0 Å². The van der Waals surface area contributed by atoms with E-state index in [4.69, 9.17) is 9.47 Å². The molecule has 1 unspecified atom stereocenters. The van der Waals surface area contributed by atoms with Gasteiger partial charge in [-0.05, 0) is 150 Å². The predicted octanol–water partition coefficient (Wildman–Crippen LogP) is 20.2. The van der Waals surface area contributed by atoms with Crippen molar-refractivity contribution in [3.8, 4) is 29.4 Å². The molecule has 0 aliphatic rings. The van der Waals surface area contributed by atoms with Crippen LogP contribution in [0.3, 0.4) is 0 Å². The Hall–Kier alpha value is -7.48. The monoisotopic (exact) mass is 1050 g/mol. The highest BCUT2D eigenvalue weighted by molar-refractivity contribution is 6.41. The van der Waals surface area contributed by atoms with E-state index in [1.54, 1.807) is 6.08 Å². The number of hydrogen-bond acceptors (Lipinski definition) is 5. The second kappa shape index (κ2) is 27.9. The Labute approximate surface area is 469 Å². The molecule has 0 radical (unpaired) electrons. The summed E-state index contributed by atoms with van der Waals surface area (Å²) in [4.78, 5) is 14.7. The molecule has 9 rings (SSSR count). The lowest BCUT2D eigenvalue weighted by atomic mass is 9.87. The lowest BCUT2D eigenvalue weighted by Gasteiger charge is -2.26. The van der Waals surface area contributed by atoms with Crippen molar-refractivity contribution in [2.24, 2.45) is 5.92 Å². The fraction of sp³-hybridized carbons (Fsp3) is 0.389. The zero-order valence-electron chi connectivity index (χ0n) is 47.5. The van der Waals surface area contributed by atoms with Crippen LogP contribution in [-0.4, -0.2) is 28.9 Å². The van der Waals surface area contributed by atoms with Gasteiger partial charge in [-0.2, -0.15) is 5.26 Å². The van der Waals surface area contributed by atoms with Gasteiger partial charge >= 0.3 is 5.97 Å². The molecule has 7 heteroatoms. The molecule has 7 nitrogen and oxygen atoms in total. The van der Waals surface area contributed by atoms with Crippen LogP contribution in [0, 0.1) is 29.1 Å². The van der Waals surface area contributed by atoms with Crippen molar-refractivity contribution in [2.45, 2.75) is 163 Å². The molecule has 0 saturated heterocycles. The number of benzene rings is 8. The minimum atomic E-state index is -1.22. The summed E-state index contributed by atoms with van der Waals surface area (Å²) in [6.07, 6.45) is 25.7. The number of anilines is 3. The van der Waals surface area contributed by atoms with E-state index >= 15 is 0 Å². The molecular weight excluding hydrogens is 971 g/mol. The molecule has 9 aromatic rings. The first kappa shape index (κ1) is 56.2. The molecule has 0 aliphatic heterocycles. The molecule has 79 heavy (non-hydrogen) atoms. The number of nitriles is 1. The molecule has 1 atom stereocenters. The van der Waals surface area contributed by atoms with Gasteiger partial charge in [0, 0.05) is 56.3 Å². The summed E-state index contributed by atoms with van der Waals surface area (Å²) < 4.78 is 14.9. The first-order valence-electron chi connectivity index (χ1n) is 30.1. The van der Waals surface area contributed by atoms with Crippen molar-refractivity contribution in [1.82, 2.24) is 4.57 Å². The highest BCUT2D eigenvalue weighted by atomic mass is 16.5. The van der Waals surface area contributed by atoms with E-state index in [9.17, 15) is 15.2 Å². The third-order valence-corrected chi connectivity index (χ3v) is 16.2. The first-order chi connectivity index (χ1) is 38.8. The highest BCUT2D eigenvalue weighted by Crippen LogP contribution is 2.49. The SMILES string of the molecule is CCCCCCCCC(CCCCCC)Cn1c2cc(C#Cc3ccc(N(c4ccc(OCCCCCC)cc4)c4ccc(OCCCCCC)cc4)cc3)c3cccc4c5cccc6c(/C=C(\C#N)C(=O)O)cc1c(c65)c2c34. The van der Waals surface area contributed by atoms with Crippen LogP contribution in [0.5, 0.6) is 11.5 Å². The summed E-state index contributed by atoms with van der Waals surface area (Å²) in [5, 5.41) is 29.2. The Bertz CT molecular complexity index is 3480. The normalized spacial score (nSPS) is 12.2. The third-order valence-electron chi connectivity index (χ3n) is 16.2. The molecule has 0 bridgehead atoms. The van der Waals surface area contributed by atoms with Gasteiger partial charge in [0.1, 0.15) is 23.1 Å². The first-order valence-corrected chi connectivity index (χ1v) is 30.1. The maximum atomic E-state index is 12.4. The second-order valence-electron chi connectivity index (χ2n) is 21.9. The number of rotatable bonds is 31. The molecule has 0 fully saturated rings. The summed E-state index contributed by atoms with van der Waals surface area (Å²) in [5.41, 5.74) is 7.69. The van der Waals surface area contributed by atoms with E-state index in [-0.39, 0.29) is 5.57 Å². The Morgan fingerprint density at radius 1 is 0.544 bits per heavy atom. The largest absolute Gasteiger partial charge is 0.494 e. The van der Waals surface area contributed by atoms with Crippen LogP contribution in [-0.2, 0) is 11.3 Å². The Kier molecular flexibility index (Phi) is 19.9. The van der Waals surface area contributed by atoms with Crippen molar-refractivity contribution < 1.29 is 19.4 Å². The smallest absolute Gasteiger partial charge is 0.346 e. The molecule has 1 heterocycles. The maximum Gasteiger partial charge on any atom is 0.346 e. The number of aromatic nitrogens is 1. The Morgan fingerprint density at radius 3 is 1.53 bits per heavy atom. The molecule has 1 aromatic heterocycles. The van der Waals surface area contributed by atoms with Gasteiger partial charge in [-0.3, -0.25) is 0 Å². The van der Waals surface area contributed by atoms with Gasteiger partial charge in [0.05, 0.1) is 24.2 Å². The van der Waals surface area contributed by atoms with Gasteiger partial charge in [-0.1, -0.05) is 179 Å². The van der Waals surface area contributed by atoms with Crippen LogP contribution in [0.2, 0.25) is 0 Å². The number of fused-ring (bicyclic) bond motifs is 1. The zero-order valence-corrected chi connectivity index (χ0v) is 47.5. The molecule has 0 amide bonds. The number of aliphatic carboxylic acids is 1. The molecule has 408 valence electrons. The number of carboxylic acids is 1. The van der Waals surface area contributed by atoms with Crippen molar-refractivity contribution in [3.05, 3.63) is 144 Å². The van der Waals surface area contributed by atoms with Crippen LogP contribution in [0.1, 0.15) is 173 Å². The van der Waals surface area contributed by atoms with Crippen LogP contribution >= 0.6 is 0 Å². The predicted molar refractivity (Wildman–Crippen MR) is 332 cm³/mol. The van der Waals surface area contributed by atoms with Crippen molar-refractivity contribution in [1.29, 1.82) is 5.26 Å². The van der Waals surface area contributed by atoms with E-state index in [0.29, 0.717) is 5.92 Å². The summed E-state index contributed by atoms with van der Waals surface area (Å²) in [5.74, 6) is 8.35. The molecule has 8 aromatic carbocycles. The van der Waals surface area contributed by atoms with Crippen LogP contribution < -0.4 is 14.4 Å². The Balaban J connectivity index is 1.12. The molecule has 1 N–H and O–H groups in total. The fourth-order valence-electron chi connectivity index (χ4n) is 11.9. The summed E-state index contributed by atoms with van der Waals surface area (Å²) in [6, 6.07) is 44.8.